The molecule has 0 atom stereocenters. The SMILES string of the molecule is Cc1cc(Nc2n[nH]c3ccc(F)cc23)nc(-c2ccccc2C(F)(F)F)c1. The highest BCUT2D eigenvalue weighted by Crippen LogP contribution is 2.37. The van der Waals surface area contributed by atoms with Gasteiger partial charge in [-0.15, -0.1) is 0 Å². The number of halogens is 4. The van der Waals surface area contributed by atoms with Gasteiger partial charge in [0.15, 0.2) is 5.82 Å². The Morgan fingerprint density at radius 2 is 1.79 bits per heavy atom. The van der Waals surface area contributed by atoms with Gasteiger partial charge in [-0.3, -0.25) is 5.10 Å². The van der Waals surface area contributed by atoms with E-state index in [9.17, 15) is 17.6 Å². The molecule has 0 bridgehead atoms. The van der Waals surface area contributed by atoms with Crippen LogP contribution in [0.5, 0.6) is 0 Å². The molecule has 28 heavy (non-hydrogen) atoms. The number of fused-ring (bicyclic) bond motifs is 1. The predicted molar refractivity (Wildman–Crippen MR) is 98.7 cm³/mol. The van der Waals surface area contributed by atoms with Crippen molar-refractivity contribution in [2.24, 2.45) is 0 Å². The predicted octanol–water partition coefficient (Wildman–Crippen LogP) is 5.83. The van der Waals surface area contributed by atoms with E-state index in [1.165, 1.54) is 30.3 Å². The summed E-state index contributed by atoms with van der Waals surface area (Å²) in [7, 11) is 0. The van der Waals surface area contributed by atoms with E-state index < -0.39 is 17.6 Å². The van der Waals surface area contributed by atoms with Crippen LogP contribution in [0.1, 0.15) is 11.1 Å². The Morgan fingerprint density at radius 3 is 2.57 bits per heavy atom. The minimum Gasteiger partial charge on any atom is -0.323 e. The largest absolute Gasteiger partial charge is 0.417 e. The molecule has 0 aliphatic rings. The molecule has 4 aromatic rings. The van der Waals surface area contributed by atoms with Crippen molar-refractivity contribution in [3.63, 3.8) is 0 Å². The van der Waals surface area contributed by atoms with Crippen molar-refractivity contribution in [1.29, 1.82) is 0 Å². The van der Waals surface area contributed by atoms with Crippen molar-refractivity contribution in [3.8, 4) is 11.3 Å². The van der Waals surface area contributed by atoms with Gasteiger partial charge in [0.05, 0.1) is 16.8 Å². The third-order valence-corrected chi connectivity index (χ3v) is 4.25. The zero-order chi connectivity index (χ0) is 19.9. The second kappa shape index (κ2) is 6.63. The second-order valence-corrected chi connectivity index (χ2v) is 6.35. The highest BCUT2D eigenvalue weighted by Gasteiger charge is 2.33. The number of hydrogen-bond donors (Lipinski definition) is 2. The zero-order valence-electron chi connectivity index (χ0n) is 14.6. The van der Waals surface area contributed by atoms with Crippen LogP contribution in [0.15, 0.2) is 54.6 Å². The molecule has 0 aliphatic heterocycles. The van der Waals surface area contributed by atoms with Crippen molar-refractivity contribution < 1.29 is 17.6 Å². The summed E-state index contributed by atoms with van der Waals surface area (Å²) < 4.78 is 53.6. The Morgan fingerprint density at radius 1 is 1.00 bits per heavy atom. The van der Waals surface area contributed by atoms with E-state index >= 15 is 0 Å². The number of rotatable bonds is 3. The van der Waals surface area contributed by atoms with Crippen molar-refractivity contribution in [2.45, 2.75) is 13.1 Å². The van der Waals surface area contributed by atoms with E-state index in [1.54, 1.807) is 25.1 Å². The number of alkyl halides is 3. The standard InChI is InChI=1S/C20H14F4N4/c1-11-8-17(13-4-2-3-5-15(13)20(22,23)24)25-18(9-11)26-19-14-10-12(21)6-7-16(14)27-28-19/h2-10H,1H3,(H2,25,26,27,28). The molecular formula is C20H14F4N4. The summed E-state index contributed by atoms with van der Waals surface area (Å²) in [6.07, 6.45) is -4.49. The van der Waals surface area contributed by atoms with Gasteiger partial charge >= 0.3 is 6.18 Å². The van der Waals surface area contributed by atoms with Crippen molar-refractivity contribution >= 4 is 22.5 Å². The molecule has 2 N–H and O–H groups in total. The number of aryl methyl sites for hydroxylation is 1. The molecule has 0 saturated heterocycles. The van der Waals surface area contributed by atoms with Crippen LogP contribution in [-0.4, -0.2) is 15.2 Å². The summed E-state index contributed by atoms with van der Waals surface area (Å²) in [4.78, 5) is 4.32. The van der Waals surface area contributed by atoms with Crippen LogP contribution in [0.2, 0.25) is 0 Å². The third kappa shape index (κ3) is 3.40. The van der Waals surface area contributed by atoms with E-state index in [2.05, 4.69) is 20.5 Å². The fourth-order valence-corrected chi connectivity index (χ4v) is 3.03. The van der Waals surface area contributed by atoms with E-state index in [1.807, 2.05) is 0 Å². The molecule has 142 valence electrons. The van der Waals surface area contributed by atoms with Crippen molar-refractivity contribution in [2.75, 3.05) is 5.32 Å². The maximum atomic E-state index is 13.5. The number of aromatic amines is 1. The second-order valence-electron chi connectivity index (χ2n) is 6.35. The lowest BCUT2D eigenvalue weighted by Gasteiger charge is -2.14. The summed E-state index contributed by atoms with van der Waals surface area (Å²) in [6.45, 7) is 1.76. The first-order valence-electron chi connectivity index (χ1n) is 8.37. The first kappa shape index (κ1) is 18.0. The van der Waals surface area contributed by atoms with Gasteiger partial charge < -0.3 is 5.32 Å². The summed E-state index contributed by atoms with van der Waals surface area (Å²) >= 11 is 0. The highest BCUT2D eigenvalue weighted by molar-refractivity contribution is 5.91. The van der Waals surface area contributed by atoms with Crippen LogP contribution in [0.25, 0.3) is 22.2 Å². The van der Waals surface area contributed by atoms with E-state index in [4.69, 9.17) is 0 Å². The van der Waals surface area contributed by atoms with Gasteiger partial charge in [-0.25, -0.2) is 9.37 Å². The molecule has 2 heterocycles. The van der Waals surface area contributed by atoms with Crippen LogP contribution in [0.4, 0.5) is 29.2 Å². The zero-order valence-corrected chi connectivity index (χ0v) is 14.6. The number of benzene rings is 2. The van der Waals surface area contributed by atoms with Gasteiger partial charge in [0, 0.05) is 10.9 Å². The molecule has 0 radical (unpaired) electrons. The van der Waals surface area contributed by atoms with E-state index in [0.29, 0.717) is 22.5 Å². The van der Waals surface area contributed by atoms with E-state index in [0.717, 1.165) is 11.6 Å². The Kier molecular flexibility index (Phi) is 4.26. The molecule has 2 aromatic heterocycles. The number of anilines is 2. The monoisotopic (exact) mass is 386 g/mol. The maximum Gasteiger partial charge on any atom is 0.417 e. The first-order valence-corrected chi connectivity index (χ1v) is 8.37. The van der Waals surface area contributed by atoms with Gasteiger partial charge in [0.2, 0.25) is 0 Å². The summed E-state index contributed by atoms with van der Waals surface area (Å²) in [5.74, 6) is 0.223. The molecule has 8 heteroatoms. The van der Waals surface area contributed by atoms with Crippen LogP contribution in [0.3, 0.4) is 0 Å². The molecular weight excluding hydrogens is 372 g/mol. The highest BCUT2D eigenvalue weighted by atomic mass is 19.4. The van der Waals surface area contributed by atoms with Gasteiger partial charge in [-0.1, -0.05) is 18.2 Å². The molecule has 0 unspecified atom stereocenters. The smallest absolute Gasteiger partial charge is 0.323 e. The van der Waals surface area contributed by atoms with E-state index in [-0.39, 0.29) is 11.3 Å². The van der Waals surface area contributed by atoms with Crippen LogP contribution >= 0.6 is 0 Å². The lowest BCUT2D eigenvalue weighted by Crippen LogP contribution is -2.08. The van der Waals surface area contributed by atoms with Crippen LogP contribution < -0.4 is 5.32 Å². The Hall–Kier alpha value is -3.42. The number of pyridine rings is 1. The lowest BCUT2D eigenvalue weighted by atomic mass is 10.0. The van der Waals surface area contributed by atoms with Gasteiger partial charge in [-0.05, 0) is 48.9 Å². The summed E-state index contributed by atoms with van der Waals surface area (Å²) in [6, 6.07) is 12.7. The molecule has 4 rings (SSSR count). The fourth-order valence-electron chi connectivity index (χ4n) is 3.03. The Bertz CT molecular complexity index is 1160. The number of aromatic nitrogens is 3. The molecule has 0 fully saturated rings. The average Bonchev–Trinajstić information content (AvgIpc) is 3.02. The number of hydrogen-bond acceptors (Lipinski definition) is 3. The summed E-state index contributed by atoms with van der Waals surface area (Å²) in [5.41, 5.74) is 0.752. The summed E-state index contributed by atoms with van der Waals surface area (Å²) in [5, 5.41) is 10.3. The molecule has 4 nitrogen and oxygen atoms in total. The van der Waals surface area contributed by atoms with Crippen LogP contribution in [0, 0.1) is 12.7 Å². The molecule has 0 spiro atoms. The molecule has 2 aromatic carbocycles. The van der Waals surface area contributed by atoms with Gasteiger partial charge in [-0.2, -0.15) is 18.3 Å². The maximum absolute atomic E-state index is 13.5. The molecule has 0 aliphatic carbocycles. The quantitative estimate of drug-likeness (QED) is 0.435. The molecule has 0 saturated carbocycles. The average molecular weight is 386 g/mol. The Labute approximate surface area is 157 Å². The number of nitrogens with one attached hydrogen (secondary N) is 2. The topological polar surface area (TPSA) is 53.6 Å². The van der Waals surface area contributed by atoms with Crippen molar-refractivity contribution in [3.05, 3.63) is 71.5 Å². The third-order valence-electron chi connectivity index (χ3n) is 4.25. The first-order chi connectivity index (χ1) is 13.3. The fraction of sp³-hybridized carbons (Fsp3) is 0.100. The lowest BCUT2D eigenvalue weighted by molar-refractivity contribution is -0.137. The van der Waals surface area contributed by atoms with Gasteiger partial charge in [0.1, 0.15) is 11.6 Å². The molecule has 0 amide bonds. The Balaban J connectivity index is 1.77. The number of H-pyrrole nitrogens is 1. The van der Waals surface area contributed by atoms with Crippen LogP contribution in [-0.2, 0) is 6.18 Å². The normalized spacial score (nSPS) is 11.8. The number of nitrogens with zero attached hydrogens (tertiary/aromatic N) is 2. The minimum absolute atomic E-state index is 0.0142. The van der Waals surface area contributed by atoms with Gasteiger partial charge in [0.25, 0.3) is 0 Å². The minimum atomic E-state index is -4.49. The van der Waals surface area contributed by atoms with Crippen molar-refractivity contribution in [1.82, 2.24) is 15.2 Å².